The van der Waals surface area contributed by atoms with Crippen molar-refractivity contribution in [3.8, 4) is 5.75 Å². The Morgan fingerprint density at radius 1 is 1.24 bits per heavy atom. The van der Waals surface area contributed by atoms with Crippen LogP contribution in [0.4, 0.5) is 10.5 Å². The summed E-state index contributed by atoms with van der Waals surface area (Å²) in [4.78, 5) is 11.7. The van der Waals surface area contributed by atoms with Crippen molar-refractivity contribution in [1.82, 2.24) is 5.32 Å². The van der Waals surface area contributed by atoms with Crippen molar-refractivity contribution in [3.05, 3.63) is 24.3 Å². The van der Waals surface area contributed by atoms with E-state index in [0.29, 0.717) is 11.7 Å². The Bertz CT molecular complexity index is 387. The molecule has 0 saturated heterocycles. The summed E-state index contributed by atoms with van der Waals surface area (Å²) in [6.45, 7) is 0. The number of amides is 2. The van der Waals surface area contributed by atoms with Gasteiger partial charge in [-0.05, 0) is 25.0 Å². The Balaban J connectivity index is 1.84. The summed E-state index contributed by atoms with van der Waals surface area (Å²) in [5, 5.41) is 15.0. The molecule has 4 heteroatoms. The minimum absolute atomic E-state index is 0.153. The van der Waals surface area contributed by atoms with Gasteiger partial charge in [0.05, 0.1) is 0 Å². The van der Waals surface area contributed by atoms with Gasteiger partial charge in [-0.1, -0.05) is 25.3 Å². The summed E-state index contributed by atoms with van der Waals surface area (Å²) in [6, 6.07) is 6.65. The highest BCUT2D eigenvalue weighted by molar-refractivity contribution is 5.89. The smallest absolute Gasteiger partial charge is 0.319 e. The van der Waals surface area contributed by atoms with Crippen molar-refractivity contribution < 1.29 is 9.90 Å². The number of rotatable bonds is 2. The van der Waals surface area contributed by atoms with Crippen LogP contribution in [0.15, 0.2) is 24.3 Å². The maximum Gasteiger partial charge on any atom is 0.319 e. The molecule has 0 spiro atoms. The van der Waals surface area contributed by atoms with Gasteiger partial charge in [0.2, 0.25) is 0 Å². The molecule has 0 aromatic heterocycles. The average molecular weight is 234 g/mol. The van der Waals surface area contributed by atoms with E-state index in [2.05, 4.69) is 10.6 Å². The van der Waals surface area contributed by atoms with Crippen LogP contribution in [-0.4, -0.2) is 17.2 Å². The first-order valence-electron chi connectivity index (χ1n) is 6.10. The van der Waals surface area contributed by atoms with E-state index in [0.717, 1.165) is 12.8 Å². The first-order valence-corrected chi connectivity index (χ1v) is 6.10. The van der Waals surface area contributed by atoms with Gasteiger partial charge in [-0.2, -0.15) is 0 Å². The number of phenols is 1. The van der Waals surface area contributed by atoms with Gasteiger partial charge in [0.25, 0.3) is 0 Å². The molecular weight excluding hydrogens is 216 g/mol. The van der Waals surface area contributed by atoms with E-state index in [1.165, 1.54) is 25.3 Å². The van der Waals surface area contributed by atoms with Crippen LogP contribution >= 0.6 is 0 Å². The lowest BCUT2D eigenvalue weighted by atomic mass is 9.96. The Hall–Kier alpha value is -1.71. The normalized spacial score (nSPS) is 16.5. The van der Waals surface area contributed by atoms with Gasteiger partial charge in [-0.15, -0.1) is 0 Å². The van der Waals surface area contributed by atoms with E-state index < -0.39 is 0 Å². The summed E-state index contributed by atoms with van der Waals surface area (Å²) in [5.74, 6) is 0.153. The molecule has 0 radical (unpaired) electrons. The fourth-order valence-electron chi connectivity index (χ4n) is 2.18. The first kappa shape index (κ1) is 11.8. The Kier molecular flexibility index (Phi) is 3.85. The number of hydrogen-bond donors (Lipinski definition) is 3. The van der Waals surface area contributed by atoms with E-state index in [4.69, 9.17) is 0 Å². The molecule has 1 aromatic carbocycles. The van der Waals surface area contributed by atoms with Gasteiger partial charge >= 0.3 is 6.03 Å². The van der Waals surface area contributed by atoms with Crippen molar-refractivity contribution in [2.24, 2.45) is 0 Å². The third kappa shape index (κ3) is 3.66. The van der Waals surface area contributed by atoms with Crippen LogP contribution in [-0.2, 0) is 0 Å². The lowest BCUT2D eigenvalue weighted by Gasteiger charge is -2.22. The van der Waals surface area contributed by atoms with Crippen LogP contribution in [0.1, 0.15) is 32.1 Å². The quantitative estimate of drug-likeness (QED) is 0.736. The number of carbonyl (C=O) groups excluding carboxylic acids is 1. The lowest BCUT2D eigenvalue weighted by molar-refractivity contribution is 0.244. The topological polar surface area (TPSA) is 61.4 Å². The van der Waals surface area contributed by atoms with Gasteiger partial charge in [0, 0.05) is 17.8 Å². The summed E-state index contributed by atoms with van der Waals surface area (Å²) in [6.07, 6.45) is 5.78. The van der Waals surface area contributed by atoms with Gasteiger partial charge in [-0.3, -0.25) is 0 Å². The van der Waals surface area contributed by atoms with E-state index in [1.807, 2.05) is 0 Å². The zero-order valence-corrected chi connectivity index (χ0v) is 9.78. The molecule has 1 aromatic rings. The SMILES string of the molecule is O=C(Nc1cccc(O)c1)NC1CCCCC1. The zero-order chi connectivity index (χ0) is 12.1. The number of phenolic OH excluding ortho intramolecular Hbond substituents is 1. The molecule has 0 bridgehead atoms. The van der Waals surface area contributed by atoms with E-state index in [9.17, 15) is 9.90 Å². The number of nitrogens with one attached hydrogen (secondary N) is 2. The third-order valence-electron chi connectivity index (χ3n) is 3.04. The van der Waals surface area contributed by atoms with Crippen LogP contribution in [0.3, 0.4) is 0 Å². The van der Waals surface area contributed by atoms with Crippen LogP contribution < -0.4 is 10.6 Å². The molecule has 92 valence electrons. The highest BCUT2D eigenvalue weighted by Gasteiger charge is 2.15. The highest BCUT2D eigenvalue weighted by Crippen LogP contribution is 2.18. The molecule has 1 saturated carbocycles. The van der Waals surface area contributed by atoms with Gasteiger partial charge in [0.1, 0.15) is 5.75 Å². The molecule has 1 aliphatic carbocycles. The number of urea groups is 1. The van der Waals surface area contributed by atoms with Crippen molar-refractivity contribution in [1.29, 1.82) is 0 Å². The average Bonchev–Trinajstić information content (AvgIpc) is 2.30. The number of carbonyl (C=O) groups is 1. The molecular formula is C13H18N2O2. The summed E-state index contributed by atoms with van der Waals surface area (Å²) >= 11 is 0. The van der Waals surface area contributed by atoms with Crippen molar-refractivity contribution in [2.75, 3.05) is 5.32 Å². The summed E-state index contributed by atoms with van der Waals surface area (Å²) < 4.78 is 0. The lowest BCUT2D eigenvalue weighted by Crippen LogP contribution is -2.38. The fourth-order valence-corrected chi connectivity index (χ4v) is 2.18. The monoisotopic (exact) mass is 234 g/mol. The van der Waals surface area contributed by atoms with Gasteiger partial charge < -0.3 is 15.7 Å². The van der Waals surface area contributed by atoms with Crippen LogP contribution in [0.5, 0.6) is 5.75 Å². The highest BCUT2D eigenvalue weighted by atomic mass is 16.3. The second-order valence-corrected chi connectivity index (χ2v) is 4.48. The number of anilines is 1. The predicted octanol–water partition coefficient (Wildman–Crippen LogP) is 2.85. The fraction of sp³-hybridized carbons (Fsp3) is 0.462. The number of aromatic hydroxyl groups is 1. The molecule has 2 rings (SSSR count). The Labute approximate surface area is 101 Å². The second kappa shape index (κ2) is 5.57. The van der Waals surface area contributed by atoms with E-state index in [-0.39, 0.29) is 11.8 Å². The first-order chi connectivity index (χ1) is 8.24. The van der Waals surface area contributed by atoms with Gasteiger partial charge in [-0.25, -0.2) is 4.79 Å². The van der Waals surface area contributed by atoms with Crippen molar-refractivity contribution >= 4 is 11.7 Å². The molecule has 17 heavy (non-hydrogen) atoms. The van der Waals surface area contributed by atoms with Crippen molar-refractivity contribution in [2.45, 2.75) is 38.1 Å². The van der Waals surface area contributed by atoms with E-state index in [1.54, 1.807) is 18.2 Å². The van der Waals surface area contributed by atoms with Crippen LogP contribution in [0.2, 0.25) is 0 Å². The van der Waals surface area contributed by atoms with Crippen LogP contribution in [0, 0.1) is 0 Å². The molecule has 4 nitrogen and oxygen atoms in total. The minimum atomic E-state index is -0.192. The third-order valence-corrected chi connectivity index (χ3v) is 3.04. The van der Waals surface area contributed by atoms with Crippen molar-refractivity contribution in [3.63, 3.8) is 0 Å². The Morgan fingerprint density at radius 3 is 2.71 bits per heavy atom. The zero-order valence-electron chi connectivity index (χ0n) is 9.78. The molecule has 2 amide bonds. The molecule has 0 heterocycles. The molecule has 3 N–H and O–H groups in total. The maximum absolute atomic E-state index is 11.7. The summed E-state index contributed by atoms with van der Waals surface area (Å²) in [5.41, 5.74) is 0.610. The predicted molar refractivity (Wildman–Crippen MR) is 67.1 cm³/mol. The van der Waals surface area contributed by atoms with Gasteiger partial charge in [0.15, 0.2) is 0 Å². The molecule has 1 fully saturated rings. The number of benzene rings is 1. The summed E-state index contributed by atoms with van der Waals surface area (Å²) in [7, 11) is 0. The molecule has 1 aliphatic rings. The second-order valence-electron chi connectivity index (χ2n) is 4.48. The molecule has 0 aliphatic heterocycles. The number of hydrogen-bond acceptors (Lipinski definition) is 2. The van der Waals surface area contributed by atoms with E-state index >= 15 is 0 Å². The van der Waals surface area contributed by atoms with Crippen LogP contribution in [0.25, 0.3) is 0 Å². The molecule has 0 atom stereocenters. The minimum Gasteiger partial charge on any atom is -0.508 e. The standard InChI is InChI=1S/C13H18N2O2/c16-12-8-4-7-11(9-12)15-13(17)14-10-5-2-1-3-6-10/h4,7-10,16H,1-3,5-6H2,(H2,14,15,17). The maximum atomic E-state index is 11.7. The molecule has 0 unspecified atom stereocenters. The Morgan fingerprint density at radius 2 is 2.00 bits per heavy atom. The largest absolute Gasteiger partial charge is 0.508 e.